The van der Waals surface area contributed by atoms with Crippen LogP contribution in [0, 0.1) is 31.6 Å². The molecule has 13 heteroatoms. The fourth-order valence-electron chi connectivity index (χ4n) is 9.41. The third kappa shape index (κ3) is 8.74. The van der Waals surface area contributed by atoms with Crippen molar-refractivity contribution in [2.75, 3.05) is 26.4 Å². The first-order valence-electron chi connectivity index (χ1n) is 18.8. The number of amides is 2. The fraction of sp³-hybridized carbons (Fsp3) is 0.658. The summed E-state index contributed by atoms with van der Waals surface area (Å²) in [4.78, 5) is 39.1. The van der Waals surface area contributed by atoms with Gasteiger partial charge < -0.3 is 41.2 Å². The molecule has 7 rings (SSSR count). The van der Waals surface area contributed by atoms with Crippen molar-refractivity contribution in [2.45, 2.75) is 121 Å². The van der Waals surface area contributed by atoms with Crippen molar-refractivity contribution in [3.8, 4) is 5.75 Å². The van der Waals surface area contributed by atoms with Crippen LogP contribution in [0.25, 0.3) is 0 Å². The highest BCUT2D eigenvalue weighted by Gasteiger charge is 2.54. The Balaban J connectivity index is 1.20. The number of unbranched alkanes of at least 4 members (excludes halogenated alkanes) is 1. The Morgan fingerprint density at radius 3 is 2.29 bits per heavy atom. The Morgan fingerprint density at radius 1 is 1.02 bits per heavy atom. The number of aromatic nitrogens is 4. The van der Waals surface area contributed by atoms with E-state index in [0.29, 0.717) is 37.6 Å². The highest BCUT2D eigenvalue weighted by atomic mass is 16.5. The number of imidazole rings is 1. The average molecular weight is 704 g/mol. The lowest BCUT2D eigenvalue weighted by Crippen LogP contribution is -2.53. The number of nitrogens with zero attached hydrogens (tertiary/aromatic N) is 5. The molecule has 3 atom stereocenters. The van der Waals surface area contributed by atoms with Crippen LogP contribution in [-0.4, -0.2) is 74.2 Å². The molecule has 13 nitrogen and oxygen atoms in total. The average Bonchev–Trinajstić information content (AvgIpc) is 3.72. The highest BCUT2D eigenvalue weighted by Crippen LogP contribution is 2.60. The van der Waals surface area contributed by atoms with Crippen LogP contribution in [0.15, 0.2) is 29.0 Å². The molecule has 3 aromatic rings. The molecule has 2 heterocycles. The molecule has 1 unspecified atom stereocenters. The first-order chi connectivity index (χ1) is 24.4. The minimum Gasteiger partial charge on any atom is -0.508 e. The van der Waals surface area contributed by atoms with Gasteiger partial charge in [0.2, 0.25) is 17.7 Å². The number of nitrogen functional groups attached to an aromatic ring is 1. The molecule has 0 spiro atoms. The Hall–Kier alpha value is -3.97. The van der Waals surface area contributed by atoms with Crippen molar-refractivity contribution < 1.29 is 19.2 Å². The lowest BCUT2D eigenvalue weighted by Gasteiger charge is -2.55. The molecule has 51 heavy (non-hydrogen) atoms. The van der Waals surface area contributed by atoms with E-state index in [1.54, 1.807) is 24.5 Å². The van der Waals surface area contributed by atoms with Crippen molar-refractivity contribution in [3.05, 3.63) is 52.9 Å². The number of benzene rings is 1. The summed E-state index contributed by atoms with van der Waals surface area (Å²) in [7, 11) is 4.10. The topological polar surface area (TPSA) is 190 Å². The lowest BCUT2D eigenvalue weighted by molar-refractivity contribution is -0.130. The zero-order valence-electron chi connectivity index (χ0n) is 30.7. The Labute approximate surface area is 301 Å². The maximum Gasteiger partial charge on any atom is 0.249 e. The highest BCUT2D eigenvalue weighted by molar-refractivity contribution is 5.90. The van der Waals surface area contributed by atoms with Gasteiger partial charge in [-0.1, -0.05) is 5.16 Å². The van der Waals surface area contributed by atoms with E-state index in [-0.39, 0.29) is 23.5 Å². The predicted molar refractivity (Wildman–Crippen MR) is 195 cm³/mol. The molecule has 4 aliphatic rings. The van der Waals surface area contributed by atoms with Crippen LogP contribution >= 0.6 is 0 Å². The molecule has 4 fully saturated rings. The predicted octanol–water partition coefficient (Wildman–Crippen LogP) is 4.06. The minimum atomic E-state index is -0.926. The van der Waals surface area contributed by atoms with Crippen LogP contribution in [0.4, 0.5) is 5.95 Å². The van der Waals surface area contributed by atoms with E-state index in [1.807, 2.05) is 32.5 Å². The summed E-state index contributed by atoms with van der Waals surface area (Å²) in [6.07, 6.45) is 14.4. The molecule has 0 saturated heterocycles. The second-order valence-electron chi connectivity index (χ2n) is 16.1. The van der Waals surface area contributed by atoms with E-state index < -0.39 is 24.0 Å². The van der Waals surface area contributed by atoms with E-state index in [2.05, 4.69) is 25.7 Å². The number of nitrogens with two attached hydrogens (primary N) is 2. The summed E-state index contributed by atoms with van der Waals surface area (Å²) in [5, 5.41) is 21.0. The summed E-state index contributed by atoms with van der Waals surface area (Å²) in [6, 6.07) is 1.08. The molecule has 2 aromatic heterocycles. The van der Waals surface area contributed by atoms with Gasteiger partial charge in [0.15, 0.2) is 11.8 Å². The van der Waals surface area contributed by atoms with E-state index >= 15 is 0 Å². The van der Waals surface area contributed by atoms with Gasteiger partial charge in [-0.25, -0.2) is 4.98 Å². The molecule has 278 valence electrons. The Kier molecular flexibility index (Phi) is 11.4. The largest absolute Gasteiger partial charge is 0.508 e. The molecular formula is C38H57N9O4. The third-order valence-electron chi connectivity index (χ3n) is 11.6. The number of phenols is 1. The number of rotatable bonds is 17. The summed E-state index contributed by atoms with van der Waals surface area (Å²) in [5.41, 5.74) is 14.8. The number of anilines is 1. The number of phenolic OH excluding ortho intramolecular Hbond substituents is 1. The smallest absolute Gasteiger partial charge is 0.249 e. The third-order valence-corrected chi connectivity index (χ3v) is 11.6. The van der Waals surface area contributed by atoms with Crippen LogP contribution in [0.3, 0.4) is 0 Å². The number of aromatic hydroxyl groups is 1. The van der Waals surface area contributed by atoms with Gasteiger partial charge in [-0.05, 0) is 152 Å². The molecule has 4 saturated carbocycles. The zero-order chi connectivity index (χ0) is 36.3. The number of hydrogen-bond acceptors (Lipinski definition) is 10. The molecule has 7 N–H and O–H groups in total. The number of aryl methyl sites for hydroxylation is 3. The number of hydrogen-bond donors (Lipinski definition) is 5. The monoisotopic (exact) mass is 703 g/mol. The van der Waals surface area contributed by atoms with Gasteiger partial charge >= 0.3 is 0 Å². The van der Waals surface area contributed by atoms with Gasteiger partial charge in [0.05, 0.1) is 6.04 Å². The van der Waals surface area contributed by atoms with Crippen molar-refractivity contribution >= 4 is 17.8 Å². The quantitative estimate of drug-likeness (QED) is 0.128. The minimum absolute atomic E-state index is 0.0276. The molecule has 0 radical (unpaired) electrons. The molecule has 4 aliphatic carbocycles. The summed E-state index contributed by atoms with van der Waals surface area (Å²) < 4.78 is 7.82. The van der Waals surface area contributed by atoms with Crippen LogP contribution in [0.2, 0.25) is 0 Å². The number of nitrogens with one attached hydrogen (secondary N) is 2. The Bertz CT molecular complexity index is 1610. The summed E-state index contributed by atoms with van der Waals surface area (Å²) >= 11 is 0. The SMILES string of the molecule is Cc1cc(O)cc(C)c1C[C@H](NC(=O)C(N)CCCn1ccnc1N)C(=O)N[C@@H](CCCCN(C)C)c1nc(C23CC4CC(CC(C4)C2)C3)no1. The van der Waals surface area contributed by atoms with Gasteiger partial charge in [0.25, 0.3) is 0 Å². The maximum atomic E-state index is 14.3. The van der Waals surface area contributed by atoms with Crippen molar-refractivity contribution in [1.29, 1.82) is 0 Å². The number of carbonyl (C=O) groups excluding carboxylic acids is 2. The van der Waals surface area contributed by atoms with Crippen LogP contribution < -0.4 is 22.1 Å². The van der Waals surface area contributed by atoms with Gasteiger partial charge in [-0.3, -0.25) is 9.59 Å². The zero-order valence-corrected chi connectivity index (χ0v) is 30.7. The first-order valence-corrected chi connectivity index (χ1v) is 18.8. The van der Waals surface area contributed by atoms with Crippen molar-refractivity contribution in [1.82, 2.24) is 35.2 Å². The van der Waals surface area contributed by atoms with Crippen LogP contribution in [-0.2, 0) is 28.0 Å². The van der Waals surface area contributed by atoms with Crippen molar-refractivity contribution in [3.63, 3.8) is 0 Å². The maximum absolute atomic E-state index is 14.3. The van der Waals surface area contributed by atoms with Gasteiger partial charge in [0.1, 0.15) is 17.8 Å². The molecule has 0 aliphatic heterocycles. The second kappa shape index (κ2) is 15.7. The van der Waals surface area contributed by atoms with Gasteiger partial charge in [-0.2, -0.15) is 4.98 Å². The van der Waals surface area contributed by atoms with Gasteiger partial charge in [0, 0.05) is 30.8 Å². The fourth-order valence-corrected chi connectivity index (χ4v) is 9.41. The van der Waals surface area contributed by atoms with E-state index in [4.69, 9.17) is 21.0 Å². The molecule has 1 aromatic carbocycles. The Morgan fingerprint density at radius 2 is 1.69 bits per heavy atom. The second-order valence-corrected chi connectivity index (χ2v) is 16.1. The summed E-state index contributed by atoms with van der Waals surface area (Å²) in [5.74, 6) is 3.26. The van der Waals surface area contributed by atoms with E-state index in [0.717, 1.165) is 78.9 Å². The van der Waals surface area contributed by atoms with Crippen LogP contribution in [0.1, 0.15) is 105 Å². The van der Waals surface area contributed by atoms with Crippen molar-refractivity contribution in [2.24, 2.45) is 23.5 Å². The van der Waals surface area contributed by atoms with E-state index in [1.165, 1.54) is 19.3 Å². The van der Waals surface area contributed by atoms with Gasteiger partial charge in [-0.15, -0.1) is 0 Å². The van der Waals surface area contributed by atoms with Crippen LogP contribution in [0.5, 0.6) is 5.75 Å². The standard InChI is InChI=1S/C38H57N9O4/c1-23-14-28(48)15-24(2)29(23)19-32(43-33(49)30(39)8-7-12-47-13-10-41-37(47)40)34(50)42-31(9-5-6-11-46(3)4)35-44-36(45-51-35)38-20-25-16-26(21-38)18-27(17-25)22-38/h10,13-15,25-27,30-32,48H,5-9,11-12,16-22,39H2,1-4H3,(H2,40,41)(H,42,50)(H,43,49)/t25?,26?,27?,30?,31-,32-,38?/m0/s1. The summed E-state index contributed by atoms with van der Waals surface area (Å²) in [6.45, 7) is 5.29. The number of carbonyl (C=O) groups is 2. The molecule has 2 amide bonds. The first kappa shape index (κ1) is 36.8. The normalized spacial score (nSPS) is 24.1. The van der Waals surface area contributed by atoms with E-state index in [9.17, 15) is 14.7 Å². The molecular weight excluding hydrogens is 646 g/mol. The lowest BCUT2D eigenvalue weighted by atomic mass is 9.49. The molecule has 4 bridgehead atoms.